The van der Waals surface area contributed by atoms with E-state index in [0.717, 1.165) is 41.2 Å². The number of hydrogen-bond donors (Lipinski definition) is 1. The largest absolute Gasteiger partial charge is 0.497 e. The highest BCUT2D eigenvalue weighted by atomic mass is 16.5. The minimum Gasteiger partial charge on any atom is -0.497 e. The topological polar surface area (TPSA) is 56.8 Å². The average Bonchev–Trinajstić information content (AvgIpc) is 2.68. The van der Waals surface area contributed by atoms with Gasteiger partial charge >= 0.3 is 0 Å². The first-order valence-corrected chi connectivity index (χ1v) is 9.21. The van der Waals surface area contributed by atoms with Crippen LogP contribution in [-0.4, -0.2) is 26.7 Å². The van der Waals surface area contributed by atoms with E-state index in [2.05, 4.69) is 17.4 Å². The molecule has 0 saturated heterocycles. The molecule has 146 valence electrons. The van der Waals surface area contributed by atoms with Crippen molar-refractivity contribution < 1.29 is 19.0 Å². The Balaban J connectivity index is 1.70. The molecule has 2 aromatic rings. The van der Waals surface area contributed by atoms with Gasteiger partial charge in [-0.25, -0.2) is 0 Å². The third-order valence-electron chi connectivity index (χ3n) is 4.36. The fourth-order valence-corrected chi connectivity index (χ4v) is 2.73. The number of aryl methyl sites for hydroxylation is 2. The van der Waals surface area contributed by atoms with Crippen molar-refractivity contribution in [2.75, 3.05) is 20.8 Å². The lowest BCUT2D eigenvalue weighted by Crippen LogP contribution is -2.22. The maximum absolute atomic E-state index is 12.1. The van der Waals surface area contributed by atoms with Crippen molar-refractivity contribution >= 4 is 5.91 Å². The van der Waals surface area contributed by atoms with E-state index in [9.17, 15) is 4.79 Å². The Kier molecular flexibility index (Phi) is 7.99. The number of benzene rings is 2. The molecule has 0 bridgehead atoms. The predicted molar refractivity (Wildman–Crippen MR) is 107 cm³/mol. The van der Waals surface area contributed by atoms with Crippen LogP contribution in [0.2, 0.25) is 0 Å². The number of ether oxygens (including phenoxy) is 3. The third-order valence-corrected chi connectivity index (χ3v) is 4.36. The standard InChI is InChI=1S/C22H29NO4/c1-16-8-9-17(2)21(13-16)27-12-6-5-7-22(24)23-15-18-14-19(25-3)10-11-20(18)26-4/h8-11,13-14H,5-7,12,15H2,1-4H3,(H,23,24). The Labute approximate surface area is 161 Å². The molecule has 5 heteroatoms. The van der Waals surface area contributed by atoms with Crippen LogP contribution in [0.3, 0.4) is 0 Å². The lowest BCUT2D eigenvalue weighted by Gasteiger charge is -2.12. The lowest BCUT2D eigenvalue weighted by molar-refractivity contribution is -0.121. The Morgan fingerprint density at radius 2 is 1.78 bits per heavy atom. The van der Waals surface area contributed by atoms with Crippen LogP contribution in [0.4, 0.5) is 0 Å². The van der Waals surface area contributed by atoms with E-state index in [-0.39, 0.29) is 5.91 Å². The van der Waals surface area contributed by atoms with Crippen LogP contribution in [0.1, 0.15) is 36.0 Å². The Morgan fingerprint density at radius 3 is 2.52 bits per heavy atom. The summed E-state index contributed by atoms with van der Waals surface area (Å²) in [6.45, 7) is 5.11. The molecule has 1 N–H and O–H groups in total. The fourth-order valence-electron chi connectivity index (χ4n) is 2.73. The molecular weight excluding hydrogens is 342 g/mol. The minimum atomic E-state index is 0.0200. The summed E-state index contributed by atoms with van der Waals surface area (Å²) in [6, 6.07) is 11.7. The molecule has 1 amide bonds. The molecule has 0 atom stereocenters. The number of rotatable bonds is 10. The average molecular weight is 371 g/mol. The van der Waals surface area contributed by atoms with Gasteiger partial charge < -0.3 is 19.5 Å². The van der Waals surface area contributed by atoms with E-state index in [4.69, 9.17) is 14.2 Å². The third kappa shape index (κ3) is 6.51. The van der Waals surface area contributed by atoms with Crippen molar-refractivity contribution in [3.63, 3.8) is 0 Å². The first-order chi connectivity index (χ1) is 13.0. The zero-order valence-electron chi connectivity index (χ0n) is 16.6. The van der Waals surface area contributed by atoms with Crippen LogP contribution in [0.5, 0.6) is 17.2 Å². The van der Waals surface area contributed by atoms with Crippen LogP contribution < -0.4 is 19.5 Å². The van der Waals surface area contributed by atoms with E-state index >= 15 is 0 Å². The van der Waals surface area contributed by atoms with Gasteiger partial charge in [0.2, 0.25) is 5.91 Å². The Morgan fingerprint density at radius 1 is 0.963 bits per heavy atom. The quantitative estimate of drug-likeness (QED) is 0.637. The van der Waals surface area contributed by atoms with Gasteiger partial charge in [-0.1, -0.05) is 12.1 Å². The zero-order valence-corrected chi connectivity index (χ0v) is 16.6. The molecule has 0 aliphatic rings. The molecule has 0 spiro atoms. The normalized spacial score (nSPS) is 10.4. The summed E-state index contributed by atoms with van der Waals surface area (Å²) in [5, 5.41) is 2.93. The number of amides is 1. The van der Waals surface area contributed by atoms with Crippen molar-refractivity contribution in [1.82, 2.24) is 5.32 Å². The summed E-state index contributed by atoms with van der Waals surface area (Å²) in [6.07, 6.45) is 2.09. The summed E-state index contributed by atoms with van der Waals surface area (Å²) < 4.78 is 16.4. The van der Waals surface area contributed by atoms with Gasteiger partial charge in [-0.3, -0.25) is 4.79 Å². The van der Waals surface area contributed by atoms with E-state index in [0.29, 0.717) is 19.6 Å². The van der Waals surface area contributed by atoms with Gasteiger partial charge in [-0.2, -0.15) is 0 Å². The lowest BCUT2D eigenvalue weighted by atomic mass is 10.1. The second-order valence-electron chi connectivity index (χ2n) is 6.53. The molecule has 2 rings (SSSR count). The van der Waals surface area contributed by atoms with Gasteiger partial charge in [0, 0.05) is 18.5 Å². The van der Waals surface area contributed by atoms with E-state index in [1.807, 2.05) is 38.1 Å². The smallest absolute Gasteiger partial charge is 0.220 e. The highest BCUT2D eigenvalue weighted by molar-refractivity contribution is 5.75. The van der Waals surface area contributed by atoms with Gasteiger partial charge in [0.25, 0.3) is 0 Å². The van der Waals surface area contributed by atoms with Crippen LogP contribution in [0.15, 0.2) is 36.4 Å². The number of carbonyl (C=O) groups is 1. The summed E-state index contributed by atoms with van der Waals surface area (Å²) >= 11 is 0. The highest BCUT2D eigenvalue weighted by Gasteiger charge is 2.08. The van der Waals surface area contributed by atoms with E-state index < -0.39 is 0 Å². The summed E-state index contributed by atoms with van der Waals surface area (Å²) in [4.78, 5) is 12.1. The molecule has 0 heterocycles. The van der Waals surface area contributed by atoms with Gasteiger partial charge in [-0.05, 0) is 62.1 Å². The molecule has 0 saturated carbocycles. The maximum atomic E-state index is 12.1. The predicted octanol–water partition coefficient (Wildman–Crippen LogP) is 4.19. The second kappa shape index (κ2) is 10.5. The number of nitrogens with one attached hydrogen (secondary N) is 1. The van der Waals surface area contributed by atoms with Crippen LogP contribution in [-0.2, 0) is 11.3 Å². The molecule has 0 radical (unpaired) electrons. The molecule has 0 aliphatic carbocycles. The molecule has 27 heavy (non-hydrogen) atoms. The van der Waals surface area contributed by atoms with Crippen LogP contribution >= 0.6 is 0 Å². The number of methoxy groups -OCH3 is 2. The van der Waals surface area contributed by atoms with E-state index in [1.54, 1.807) is 14.2 Å². The Hall–Kier alpha value is -2.69. The number of unbranched alkanes of at least 4 members (excludes halogenated alkanes) is 1. The molecule has 0 aliphatic heterocycles. The van der Waals surface area contributed by atoms with Gasteiger partial charge in [0.15, 0.2) is 0 Å². The molecule has 0 aromatic heterocycles. The highest BCUT2D eigenvalue weighted by Crippen LogP contribution is 2.23. The van der Waals surface area contributed by atoms with E-state index in [1.165, 1.54) is 5.56 Å². The van der Waals surface area contributed by atoms with Crippen molar-refractivity contribution in [2.45, 2.75) is 39.7 Å². The van der Waals surface area contributed by atoms with Crippen molar-refractivity contribution in [2.24, 2.45) is 0 Å². The molecule has 0 fully saturated rings. The molecule has 5 nitrogen and oxygen atoms in total. The number of carbonyl (C=O) groups excluding carboxylic acids is 1. The second-order valence-corrected chi connectivity index (χ2v) is 6.53. The monoisotopic (exact) mass is 371 g/mol. The summed E-state index contributed by atoms with van der Waals surface area (Å²) in [5.74, 6) is 2.41. The van der Waals surface area contributed by atoms with Crippen LogP contribution in [0.25, 0.3) is 0 Å². The Bertz CT molecular complexity index is 758. The van der Waals surface area contributed by atoms with Crippen molar-refractivity contribution in [3.05, 3.63) is 53.1 Å². The molecular formula is C22H29NO4. The van der Waals surface area contributed by atoms with Crippen molar-refractivity contribution in [1.29, 1.82) is 0 Å². The first kappa shape index (κ1) is 20.6. The first-order valence-electron chi connectivity index (χ1n) is 9.21. The summed E-state index contributed by atoms with van der Waals surface area (Å²) in [5.41, 5.74) is 3.21. The van der Waals surface area contributed by atoms with Crippen LogP contribution in [0, 0.1) is 13.8 Å². The number of hydrogen-bond acceptors (Lipinski definition) is 4. The fraction of sp³-hybridized carbons (Fsp3) is 0.409. The SMILES string of the molecule is COc1ccc(OC)c(CNC(=O)CCCCOc2cc(C)ccc2C)c1. The van der Waals surface area contributed by atoms with Gasteiger partial charge in [0.05, 0.1) is 20.8 Å². The van der Waals surface area contributed by atoms with Gasteiger partial charge in [0.1, 0.15) is 17.2 Å². The molecule has 2 aromatic carbocycles. The van der Waals surface area contributed by atoms with Gasteiger partial charge in [-0.15, -0.1) is 0 Å². The van der Waals surface area contributed by atoms with Crippen molar-refractivity contribution in [3.8, 4) is 17.2 Å². The maximum Gasteiger partial charge on any atom is 0.220 e. The minimum absolute atomic E-state index is 0.0200. The zero-order chi connectivity index (χ0) is 19.6. The summed E-state index contributed by atoms with van der Waals surface area (Å²) in [7, 11) is 3.23. The molecule has 0 unspecified atom stereocenters.